The van der Waals surface area contributed by atoms with Crippen molar-refractivity contribution in [1.29, 1.82) is 0 Å². The molecule has 0 amide bonds. The summed E-state index contributed by atoms with van der Waals surface area (Å²) < 4.78 is 40.9. The fraction of sp³-hybridized carbons (Fsp3) is 0.905. The van der Waals surface area contributed by atoms with E-state index in [0.717, 1.165) is 12.8 Å². The van der Waals surface area contributed by atoms with E-state index in [2.05, 4.69) is 12.8 Å². The molecule has 0 aliphatic rings. The lowest BCUT2D eigenvalue weighted by Gasteiger charge is -2.34. The maximum absolute atomic E-state index is 13.4. The number of unbranched alkanes of at least 4 members (excludes halogenated alkanes) is 9. The van der Waals surface area contributed by atoms with Gasteiger partial charge in [-0.25, -0.2) is 0 Å². The van der Waals surface area contributed by atoms with Crippen molar-refractivity contribution in [3.8, 4) is 12.3 Å². The van der Waals surface area contributed by atoms with Gasteiger partial charge in [0.2, 0.25) is 0 Å². The molecule has 0 heterocycles. The van der Waals surface area contributed by atoms with E-state index in [1.807, 2.05) is 0 Å². The molecule has 29 heavy (non-hydrogen) atoms. The first-order chi connectivity index (χ1) is 14.1. The van der Waals surface area contributed by atoms with Gasteiger partial charge in [0.05, 0.1) is 19.8 Å². The molecule has 172 valence electrons. The molecule has 0 fully saturated rings. The summed E-state index contributed by atoms with van der Waals surface area (Å²) >= 11 is 1.30. The van der Waals surface area contributed by atoms with Crippen LogP contribution in [0.3, 0.4) is 0 Å². The lowest BCUT2D eigenvalue weighted by molar-refractivity contribution is 0.0981. The normalized spacial score (nSPS) is 14.3. The minimum atomic E-state index is -3.68. The molecule has 5 nitrogen and oxygen atoms in total. The summed E-state index contributed by atoms with van der Waals surface area (Å²) in [6.45, 7) is 6.31. The maximum atomic E-state index is 13.4. The van der Waals surface area contributed by atoms with E-state index in [-0.39, 0.29) is 19.8 Å². The fourth-order valence-corrected chi connectivity index (χ4v) is 8.12. The van der Waals surface area contributed by atoms with E-state index in [0.29, 0.717) is 12.2 Å². The Kier molecular flexibility index (Phi) is 19.1. The van der Waals surface area contributed by atoms with Crippen molar-refractivity contribution in [2.75, 3.05) is 25.6 Å². The predicted octanol–water partition coefficient (Wildman–Crippen LogP) is 7.31. The summed E-state index contributed by atoms with van der Waals surface area (Å²) in [6, 6.07) is 0. The Hall–Kier alpha value is 0.250. The summed E-state index contributed by atoms with van der Waals surface area (Å²) in [7, 11) is -5.22. The number of rotatable bonds is 21. The molecule has 8 heteroatoms. The third-order valence-electron chi connectivity index (χ3n) is 4.49. The highest BCUT2D eigenvalue weighted by atomic mass is 32.2. The van der Waals surface area contributed by atoms with Gasteiger partial charge in [-0.05, 0) is 26.0 Å². The fourth-order valence-electron chi connectivity index (χ4n) is 2.95. The number of hydrogen-bond acceptors (Lipinski definition) is 6. The van der Waals surface area contributed by atoms with Gasteiger partial charge in [0.1, 0.15) is 8.46 Å². The monoisotopic (exact) mass is 468 g/mol. The summed E-state index contributed by atoms with van der Waals surface area (Å²) in [5, 5.41) is 0. The molecule has 0 radical (unpaired) electrons. The van der Waals surface area contributed by atoms with Gasteiger partial charge in [-0.15, -0.1) is 24.1 Å². The van der Waals surface area contributed by atoms with Crippen LogP contribution in [0.15, 0.2) is 0 Å². The third kappa shape index (κ3) is 12.0. The molecule has 0 aliphatic carbocycles. The van der Waals surface area contributed by atoms with Crippen LogP contribution in [-0.2, 0) is 22.9 Å². The minimum Gasteiger partial charge on any atom is -0.347 e. The molecule has 0 aliphatic heterocycles. The first-order valence-corrected chi connectivity index (χ1v) is 14.7. The van der Waals surface area contributed by atoms with Gasteiger partial charge >= 0.3 is 7.60 Å². The van der Waals surface area contributed by atoms with Gasteiger partial charge in [-0.1, -0.05) is 64.7 Å². The standard InChI is InChI=1S/C21H42O5P2S/c1-5-9-11-12-13-14-15-16-17-18-20-29-21(27-22,24-19-10-6-2)28(23,25-7-3)26-8-4/h2H,5,7-20,27H2,1,3-4H3. The van der Waals surface area contributed by atoms with Crippen molar-refractivity contribution in [3.63, 3.8) is 0 Å². The average molecular weight is 469 g/mol. The first-order valence-electron chi connectivity index (χ1n) is 11.1. The SMILES string of the molecule is C#CCCOC([PH2]=O)(SCCCCCCCCCCCC)P(=O)(OCC)OCC. The molecular weight excluding hydrogens is 426 g/mol. The maximum Gasteiger partial charge on any atom is 0.379 e. The van der Waals surface area contributed by atoms with Crippen molar-refractivity contribution in [1.82, 2.24) is 0 Å². The van der Waals surface area contributed by atoms with Crippen molar-refractivity contribution in [3.05, 3.63) is 0 Å². The van der Waals surface area contributed by atoms with E-state index >= 15 is 0 Å². The predicted molar refractivity (Wildman–Crippen MR) is 128 cm³/mol. The Morgan fingerprint density at radius 3 is 1.90 bits per heavy atom. The quantitative estimate of drug-likeness (QED) is 0.0761. The lowest BCUT2D eigenvalue weighted by atomic mass is 10.1. The molecular formula is C21H42O5P2S. The molecule has 0 spiro atoms. The van der Waals surface area contributed by atoms with Crippen LogP contribution in [0, 0.1) is 12.3 Å². The van der Waals surface area contributed by atoms with E-state index in [9.17, 15) is 9.13 Å². The Labute approximate surface area is 184 Å². The largest absolute Gasteiger partial charge is 0.379 e. The van der Waals surface area contributed by atoms with E-state index < -0.39 is 20.5 Å². The van der Waals surface area contributed by atoms with E-state index in [1.54, 1.807) is 13.8 Å². The van der Waals surface area contributed by atoms with Crippen molar-refractivity contribution < 1.29 is 22.9 Å². The van der Waals surface area contributed by atoms with Crippen LogP contribution in [0.25, 0.3) is 0 Å². The topological polar surface area (TPSA) is 61.8 Å². The Bertz CT molecular complexity index is 488. The number of hydrogen-bond donors (Lipinski definition) is 0. The van der Waals surface area contributed by atoms with Gasteiger partial charge < -0.3 is 18.3 Å². The molecule has 0 saturated heterocycles. The van der Waals surface area contributed by atoms with E-state index in [4.69, 9.17) is 20.2 Å². The van der Waals surface area contributed by atoms with Gasteiger partial charge in [-0.3, -0.25) is 4.57 Å². The van der Waals surface area contributed by atoms with Crippen molar-refractivity contribution in [2.45, 2.75) is 95.8 Å². The summed E-state index contributed by atoms with van der Waals surface area (Å²) in [6.07, 6.45) is 18.1. The highest BCUT2D eigenvalue weighted by molar-refractivity contribution is 8.11. The smallest absolute Gasteiger partial charge is 0.347 e. The highest BCUT2D eigenvalue weighted by Crippen LogP contribution is 2.70. The highest BCUT2D eigenvalue weighted by Gasteiger charge is 2.52. The summed E-state index contributed by atoms with van der Waals surface area (Å²) in [5.41, 5.74) is 0. The molecule has 0 aromatic heterocycles. The molecule has 0 saturated carbocycles. The lowest BCUT2D eigenvalue weighted by Crippen LogP contribution is -2.26. The second-order valence-electron chi connectivity index (χ2n) is 6.91. The van der Waals surface area contributed by atoms with Crippen molar-refractivity contribution >= 4 is 27.8 Å². The zero-order chi connectivity index (χ0) is 21.8. The average Bonchev–Trinajstić information content (AvgIpc) is 2.71. The number of thioether (sulfide) groups is 1. The Morgan fingerprint density at radius 2 is 1.45 bits per heavy atom. The molecule has 2 atom stereocenters. The second-order valence-corrected chi connectivity index (χ2v) is 12.6. The van der Waals surface area contributed by atoms with Crippen LogP contribution in [0.4, 0.5) is 0 Å². The van der Waals surface area contributed by atoms with Gasteiger partial charge in [0.25, 0.3) is 4.42 Å². The van der Waals surface area contributed by atoms with Crippen LogP contribution in [0.1, 0.15) is 91.4 Å². The summed E-state index contributed by atoms with van der Waals surface area (Å²) in [5.74, 6) is 3.19. The van der Waals surface area contributed by atoms with Crippen LogP contribution < -0.4 is 0 Å². The second kappa shape index (κ2) is 19.0. The van der Waals surface area contributed by atoms with Gasteiger partial charge in [0.15, 0.2) is 0 Å². The van der Waals surface area contributed by atoms with Crippen LogP contribution in [0.5, 0.6) is 0 Å². The zero-order valence-electron chi connectivity index (χ0n) is 18.7. The van der Waals surface area contributed by atoms with Gasteiger partial charge in [0, 0.05) is 6.42 Å². The molecule has 0 bridgehead atoms. The molecule has 0 aromatic carbocycles. The number of ether oxygens (including phenoxy) is 1. The van der Waals surface area contributed by atoms with Crippen molar-refractivity contribution in [2.24, 2.45) is 0 Å². The van der Waals surface area contributed by atoms with E-state index in [1.165, 1.54) is 63.1 Å². The first kappa shape index (κ1) is 29.2. The molecule has 2 unspecified atom stereocenters. The van der Waals surface area contributed by atoms with Gasteiger partial charge in [-0.2, -0.15) is 0 Å². The third-order valence-corrected chi connectivity index (χ3v) is 11.2. The van der Waals surface area contributed by atoms with Crippen LogP contribution >= 0.6 is 27.8 Å². The Balaban J connectivity index is 4.53. The molecule has 0 rings (SSSR count). The minimum absolute atomic E-state index is 0.181. The number of terminal acetylenes is 1. The Morgan fingerprint density at radius 1 is 0.931 bits per heavy atom. The van der Waals surface area contributed by atoms with Crippen LogP contribution in [0.2, 0.25) is 0 Å². The zero-order valence-corrected chi connectivity index (χ0v) is 21.5. The van der Waals surface area contributed by atoms with Crippen LogP contribution in [-0.4, -0.2) is 30.0 Å². The molecule has 0 N–H and O–H groups in total. The summed E-state index contributed by atoms with van der Waals surface area (Å²) in [4.78, 5) is 0. The molecule has 0 aromatic rings.